The van der Waals surface area contributed by atoms with Gasteiger partial charge in [-0.1, -0.05) is 23.2 Å². The SMILES string of the molecule is COC(CN(Cc1cc(F)cc(F)c1)C(=O)c1cnn(C2CCC(C(=O)O)CC2)c1C(F)(F)F)c1c(Cl)cncc1Cl. The number of carbonyl (C=O) groups excluding carboxylic acids is 1. The predicted octanol–water partition coefficient (Wildman–Crippen LogP) is 6.73. The Balaban J connectivity index is 1.74. The zero-order valence-electron chi connectivity index (χ0n) is 22.0. The third-order valence-electron chi connectivity index (χ3n) is 7.15. The standard InChI is InChI=1S/C27H25Cl2F5N4O4/c1-42-22(23-20(28)10-35-11-21(23)29)13-37(12-14-6-16(30)8-17(31)7-14)25(39)19-9-36-38(24(19)27(32,33)34)18-4-2-15(3-5-18)26(40)41/h6-11,15,18,22H,2-5,12-13H2,1H3,(H,40,41). The van der Waals surface area contributed by atoms with E-state index in [1.807, 2.05) is 0 Å². The summed E-state index contributed by atoms with van der Waals surface area (Å²) in [5.74, 6) is -4.72. The molecular weight excluding hydrogens is 610 g/mol. The molecule has 2 heterocycles. The maximum atomic E-state index is 14.5. The second kappa shape index (κ2) is 12.9. The van der Waals surface area contributed by atoms with Gasteiger partial charge in [0.25, 0.3) is 5.91 Å². The molecule has 0 saturated heterocycles. The van der Waals surface area contributed by atoms with E-state index in [0.29, 0.717) is 6.07 Å². The largest absolute Gasteiger partial charge is 0.481 e. The normalized spacial score (nSPS) is 18.1. The van der Waals surface area contributed by atoms with E-state index in [2.05, 4.69) is 10.1 Å². The molecular formula is C27H25Cl2F5N4O4. The Morgan fingerprint density at radius 3 is 2.19 bits per heavy atom. The number of methoxy groups -OCH3 is 1. The highest BCUT2D eigenvalue weighted by Gasteiger charge is 2.43. The number of carbonyl (C=O) groups is 2. The van der Waals surface area contributed by atoms with E-state index in [-0.39, 0.29) is 46.9 Å². The molecule has 1 aliphatic rings. The number of alkyl halides is 3. The molecule has 1 unspecified atom stereocenters. The third kappa shape index (κ3) is 7.01. The Hall–Kier alpha value is -3.29. The molecule has 42 heavy (non-hydrogen) atoms. The first kappa shape index (κ1) is 31.6. The van der Waals surface area contributed by atoms with Crippen LogP contribution >= 0.6 is 23.2 Å². The lowest BCUT2D eigenvalue weighted by molar-refractivity contribution is -0.147. The van der Waals surface area contributed by atoms with Crippen molar-refractivity contribution in [3.05, 3.63) is 80.9 Å². The maximum Gasteiger partial charge on any atom is 0.433 e. The van der Waals surface area contributed by atoms with E-state index in [1.165, 1.54) is 19.5 Å². The molecule has 0 aliphatic heterocycles. The lowest BCUT2D eigenvalue weighted by Crippen LogP contribution is -2.36. The molecule has 0 radical (unpaired) electrons. The number of pyridine rings is 1. The summed E-state index contributed by atoms with van der Waals surface area (Å²) in [6.07, 6.45) is -2.20. The van der Waals surface area contributed by atoms with Gasteiger partial charge in [-0.3, -0.25) is 19.3 Å². The van der Waals surface area contributed by atoms with Gasteiger partial charge in [0.05, 0.1) is 40.3 Å². The number of hydrogen-bond acceptors (Lipinski definition) is 5. The summed E-state index contributed by atoms with van der Waals surface area (Å²) in [4.78, 5) is 30.0. The molecule has 0 spiro atoms. The molecule has 1 atom stereocenters. The minimum absolute atomic E-state index is 0.0319. The predicted molar refractivity (Wildman–Crippen MR) is 141 cm³/mol. The van der Waals surface area contributed by atoms with Crippen molar-refractivity contribution < 1.29 is 41.4 Å². The van der Waals surface area contributed by atoms with E-state index < -0.39 is 72.1 Å². The molecule has 2 aromatic heterocycles. The van der Waals surface area contributed by atoms with E-state index in [9.17, 15) is 36.6 Å². The Morgan fingerprint density at radius 1 is 1.07 bits per heavy atom. The molecule has 1 fully saturated rings. The zero-order chi connectivity index (χ0) is 30.8. The van der Waals surface area contributed by atoms with E-state index in [4.69, 9.17) is 27.9 Å². The van der Waals surface area contributed by atoms with Crippen LogP contribution in [0.5, 0.6) is 0 Å². The van der Waals surface area contributed by atoms with Gasteiger partial charge < -0.3 is 14.7 Å². The fourth-order valence-electron chi connectivity index (χ4n) is 5.17. The molecule has 4 rings (SSSR count). The molecule has 0 bridgehead atoms. The van der Waals surface area contributed by atoms with E-state index in [0.717, 1.165) is 27.9 Å². The summed E-state index contributed by atoms with van der Waals surface area (Å²) in [5.41, 5.74) is -1.92. The summed E-state index contributed by atoms with van der Waals surface area (Å²) < 4.78 is 77.6. The van der Waals surface area contributed by atoms with Gasteiger partial charge in [-0.05, 0) is 43.4 Å². The van der Waals surface area contributed by atoms with E-state index in [1.54, 1.807) is 0 Å². The van der Waals surface area contributed by atoms with Gasteiger partial charge in [-0.25, -0.2) is 8.78 Å². The van der Waals surface area contributed by atoms with Crippen molar-refractivity contribution in [1.29, 1.82) is 0 Å². The number of nitrogens with zero attached hydrogens (tertiary/aromatic N) is 4. The summed E-state index contributed by atoms with van der Waals surface area (Å²) in [6.45, 7) is -0.914. The first-order valence-corrected chi connectivity index (χ1v) is 13.5. The average molecular weight is 635 g/mol. The smallest absolute Gasteiger partial charge is 0.433 e. The van der Waals surface area contributed by atoms with Gasteiger partial charge in [0, 0.05) is 37.7 Å². The number of ether oxygens (including phenoxy) is 1. The fourth-order valence-corrected chi connectivity index (χ4v) is 5.78. The lowest BCUT2D eigenvalue weighted by Gasteiger charge is -2.30. The van der Waals surface area contributed by atoms with Crippen molar-refractivity contribution in [1.82, 2.24) is 19.7 Å². The maximum absolute atomic E-state index is 14.5. The van der Waals surface area contributed by atoms with Crippen LogP contribution in [0.2, 0.25) is 10.0 Å². The molecule has 1 aromatic carbocycles. The first-order valence-electron chi connectivity index (χ1n) is 12.7. The number of carboxylic acid groups (broad SMARTS) is 1. The molecule has 1 saturated carbocycles. The van der Waals surface area contributed by atoms with Crippen molar-refractivity contribution in [2.75, 3.05) is 13.7 Å². The molecule has 226 valence electrons. The number of hydrogen-bond donors (Lipinski definition) is 1. The van der Waals surface area contributed by atoms with Crippen molar-refractivity contribution in [2.24, 2.45) is 5.92 Å². The number of rotatable bonds is 9. The molecule has 1 N–H and O–H groups in total. The second-order valence-electron chi connectivity index (χ2n) is 9.90. The Labute approximate surface area is 247 Å². The fraction of sp³-hybridized carbons (Fsp3) is 0.407. The van der Waals surface area contributed by atoms with Gasteiger partial charge in [0.1, 0.15) is 17.7 Å². The highest BCUT2D eigenvalue weighted by Crippen LogP contribution is 2.40. The Bertz CT molecular complexity index is 1420. The zero-order valence-corrected chi connectivity index (χ0v) is 23.6. The van der Waals surface area contributed by atoms with Crippen LogP contribution in [0.4, 0.5) is 22.0 Å². The third-order valence-corrected chi connectivity index (χ3v) is 7.75. The number of carboxylic acids is 1. The van der Waals surface area contributed by atoms with E-state index >= 15 is 0 Å². The number of aliphatic carboxylic acids is 1. The molecule has 8 nitrogen and oxygen atoms in total. The number of halogens is 7. The van der Waals surface area contributed by atoms with Gasteiger partial charge in [0.15, 0.2) is 5.69 Å². The Morgan fingerprint density at radius 2 is 1.67 bits per heavy atom. The van der Waals surface area contributed by atoms with Gasteiger partial charge in [-0.15, -0.1) is 0 Å². The van der Waals surface area contributed by atoms with Crippen LogP contribution in [-0.4, -0.2) is 50.3 Å². The van der Waals surface area contributed by atoms with Gasteiger partial charge >= 0.3 is 12.1 Å². The molecule has 15 heteroatoms. The average Bonchev–Trinajstić information content (AvgIpc) is 3.37. The van der Waals surface area contributed by atoms with Crippen LogP contribution in [0.3, 0.4) is 0 Å². The lowest BCUT2D eigenvalue weighted by atomic mass is 9.86. The number of benzene rings is 1. The van der Waals surface area contributed by atoms with Crippen molar-refractivity contribution in [3.8, 4) is 0 Å². The first-order chi connectivity index (χ1) is 19.8. The topological polar surface area (TPSA) is 97.6 Å². The van der Waals surface area contributed by atoms with Crippen LogP contribution in [-0.2, 0) is 22.3 Å². The van der Waals surface area contributed by atoms with Crippen molar-refractivity contribution in [3.63, 3.8) is 0 Å². The molecule has 1 amide bonds. The monoisotopic (exact) mass is 634 g/mol. The van der Waals surface area contributed by atoms with Crippen LogP contribution in [0.25, 0.3) is 0 Å². The van der Waals surface area contributed by atoms with Crippen molar-refractivity contribution >= 4 is 35.1 Å². The summed E-state index contributed by atoms with van der Waals surface area (Å²) in [7, 11) is 1.27. The number of aromatic nitrogens is 3. The van der Waals surface area contributed by atoms with Crippen molar-refractivity contribution in [2.45, 2.75) is 50.6 Å². The molecule has 1 aliphatic carbocycles. The van der Waals surface area contributed by atoms with Crippen LogP contribution in [0.1, 0.15) is 65.0 Å². The summed E-state index contributed by atoms with van der Waals surface area (Å²) in [5, 5.41) is 13.3. The second-order valence-corrected chi connectivity index (χ2v) is 10.7. The minimum Gasteiger partial charge on any atom is -0.481 e. The highest BCUT2D eigenvalue weighted by molar-refractivity contribution is 6.35. The van der Waals surface area contributed by atoms with Gasteiger partial charge in [0.2, 0.25) is 0 Å². The van der Waals surface area contributed by atoms with Crippen LogP contribution in [0.15, 0.2) is 36.8 Å². The quantitative estimate of drug-likeness (QED) is 0.262. The Kier molecular flexibility index (Phi) is 9.74. The van der Waals surface area contributed by atoms with Crippen LogP contribution < -0.4 is 0 Å². The minimum atomic E-state index is -5.01. The van der Waals surface area contributed by atoms with Crippen LogP contribution in [0, 0.1) is 17.6 Å². The summed E-state index contributed by atoms with van der Waals surface area (Å²) in [6, 6.07) is 1.74. The molecule has 3 aromatic rings. The number of amides is 1. The summed E-state index contributed by atoms with van der Waals surface area (Å²) >= 11 is 12.5. The highest BCUT2D eigenvalue weighted by atomic mass is 35.5. The van der Waals surface area contributed by atoms with Gasteiger partial charge in [-0.2, -0.15) is 18.3 Å².